The maximum atomic E-state index is 12.2. The number of hydrogen-bond donors (Lipinski definition) is 3. The molecule has 9 heteroatoms. The minimum absolute atomic E-state index is 0.0885. The van der Waals surface area contributed by atoms with Crippen molar-refractivity contribution in [2.45, 2.75) is 38.5 Å². The Bertz CT molecular complexity index is 1240. The third-order valence-corrected chi connectivity index (χ3v) is 7.39. The highest BCUT2D eigenvalue weighted by Crippen LogP contribution is 2.68. The Balaban J connectivity index is 1.61. The molecule has 5 rings (SSSR count). The second kappa shape index (κ2) is 6.60. The summed E-state index contributed by atoms with van der Waals surface area (Å²) in [6.45, 7) is 3.48. The van der Waals surface area contributed by atoms with Gasteiger partial charge in [-0.2, -0.15) is 0 Å². The van der Waals surface area contributed by atoms with Gasteiger partial charge in [-0.05, 0) is 55.0 Å². The number of fused-ring (bicyclic) bond motifs is 2. The molecule has 8 nitrogen and oxygen atoms in total. The maximum absolute atomic E-state index is 12.2. The molecular formula is C21H21N5O3S. The van der Waals surface area contributed by atoms with Crippen molar-refractivity contribution in [2.24, 2.45) is 11.3 Å². The summed E-state index contributed by atoms with van der Waals surface area (Å²) in [5, 5.41) is 26.3. The molecule has 2 unspecified atom stereocenters. The highest BCUT2D eigenvalue weighted by atomic mass is 32.1. The first kappa shape index (κ1) is 19.2. The van der Waals surface area contributed by atoms with Crippen molar-refractivity contribution in [3.05, 3.63) is 34.0 Å². The van der Waals surface area contributed by atoms with Crippen molar-refractivity contribution in [1.29, 1.82) is 0 Å². The monoisotopic (exact) mass is 423 g/mol. The first-order valence-electron chi connectivity index (χ1n) is 9.74. The van der Waals surface area contributed by atoms with Gasteiger partial charge in [0.2, 0.25) is 5.82 Å². The molecule has 3 aromatic heterocycles. The van der Waals surface area contributed by atoms with Crippen LogP contribution < -0.4 is 5.32 Å². The summed E-state index contributed by atoms with van der Waals surface area (Å²) in [6, 6.07) is 1.53. The quantitative estimate of drug-likeness (QED) is 0.547. The molecule has 2 fully saturated rings. The third-order valence-electron chi connectivity index (χ3n) is 6.46. The number of aliphatic hydroxyl groups is 2. The van der Waals surface area contributed by atoms with Crippen molar-refractivity contribution < 1.29 is 15.0 Å². The van der Waals surface area contributed by atoms with Gasteiger partial charge in [0, 0.05) is 7.05 Å². The third kappa shape index (κ3) is 2.54. The van der Waals surface area contributed by atoms with E-state index < -0.39 is 23.7 Å². The summed E-state index contributed by atoms with van der Waals surface area (Å²) >= 11 is 1.56. The Morgan fingerprint density at radius 1 is 1.37 bits per heavy atom. The van der Waals surface area contributed by atoms with Gasteiger partial charge in [-0.1, -0.05) is 0 Å². The van der Waals surface area contributed by atoms with Crippen LogP contribution in [0.1, 0.15) is 35.7 Å². The number of aromatic nitrogens is 4. The van der Waals surface area contributed by atoms with Crippen molar-refractivity contribution >= 4 is 34.1 Å². The Morgan fingerprint density at radius 2 is 2.17 bits per heavy atom. The van der Waals surface area contributed by atoms with E-state index in [9.17, 15) is 15.0 Å². The number of nitrogens with zero attached hydrogens (tertiary/aromatic N) is 4. The lowest BCUT2D eigenvalue weighted by Gasteiger charge is -2.23. The summed E-state index contributed by atoms with van der Waals surface area (Å²) in [5.74, 6) is 6.77. The van der Waals surface area contributed by atoms with Gasteiger partial charge in [0.15, 0.2) is 17.0 Å². The van der Waals surface area contributed by atoms with Crippen LogP contribution in [0.3, 0.4) is 0 Å². The molecule has 0 bridgehead atoms. The predicted molar refractivity (Wildman–Crippen MR) is 112 cm³/mol. The summed E-state index contributed by atoms with van der Waals surface area (Å²) < 4.78 is 1.76. The molecule has 2 aliphatic rings. The molecule has 0 amide bonds. The molecule has 3 heterocycles. The van der Waals surface area contributed by atoms with E-state index in [-0.39, 0.29) is 11.7 Å². The van der Waals surface area contributed by atoms with Gasteiger partial charge in [0.25, 0.3) is 0 Å². The van der Waals surface area contributed by atoms with Crippen LogP contribution in [0.5, 0.6) is 0 Å². The van der Waals surface area contributed by atoms with E-state index in [2.05, 4.69) is 32.1 Å². The van der Waals surface area contributed by atoms with Crippen LogP contribution in [0, 0.1) is 30.1 Å². The first-order chi connectivity index (χ1) is 14.4. The predicted octanol–water partition coefficient (Wildman–Crippen LogP) is 1.51. The largest absolute Gasteiger partial charge is 0.389 e. The van der Waals surface area contributed by atoms with Gasteiger partial charge in [0.05, 0.1) is 28.8 Å². The zero-order chi connectivity index (χ0) is 21.2. The standard InChI is InChI=1S/C21H21N5O3S/c1-10-6-7-30-13(10)4-5-14-24-19(22-3)15-20(25-14)26(9-23-15)16-12-8-21(12,11(2)27)18(29)17(16)28/h6-7,9,12,16-18,28-29H,8H2,1-3H3,(H,22,24,25)/t12?,16-,17+,18?,21-/m1/s1. The number of thiophene rings is 1. The van der Waals surface area contributed by atoms with E-state index in [1.54, 1.807) is 29.3 Å². The number of imidazole rings is 1. The maximum Gasteiger partial charge on any atom is 0.209 e. The minimum atomic E-state index is -1.09. The highest BCUT2D eigenvalue weighted by Gasteiger charge is 2.74. The van der Waals surface area contributed by atoms with Crippen molar-refractivity contribution in [3.63, 3.8) is 0 Å². The van der Waals surface area contributed by atoms with Crippen LogP contribution in [0.15, 0.2) is 17.8 Å². The minimum Gasteiger partial charge on any atom is -0.389 e. The number of anilines is 1. The number of carbonyl (C=O) groups is 1. The van der Waals surface area contributed by atoms with Crippen LogP contribution in [-0.4, -0.2) is 54.8 Å². The Hall–Kier alpha value is -2.80. The second-order valence-electron chi connectivity index (χ2n) is 7.99. The number of hydrogen-bond acceptors (Lipinski definition) is 8. The molecule has 0 aromatic carbocycles. The first-order valence-corrected chi connectivity index (χ1v) is 10.6. The number of aliphatic hydroxyl groups excluding tert-OH is 2. The molecule has 3 N–H and O–H groups in total. The van der Waals surface area contributed by atoms with Gasteiger partial charge in [-0.15, -0.1) is 11.3 Å². The van der Waals surface area contributed by atoms with E-state index in [0.29, 0.717) is 29.2 Å². The van der Waals surface area contributed by atoms with Gasteiger partial charge < -0.3 is 20.1 Å². The average Bonchev–Trinajstić information content (AvgIpc) is 2.99. The molecule has 2 saturated carbocycles. The van der Waals surface area contributed by atoms with Crippen molar-refractivity contribution in [1.82, 2.24) is 19.5 Å². The summed E-state index contributed by atoms with van der Waals surface area (Å²) in [5.41, 5.74) is 1.31. The van der Waals surface area contributed by atoms with Crippen LogP contribution in [-0.2, 0) is 4.79 Å². The Labute approximate surface area is 177 Å². The number of Topliss-reactive ketones (excluding diaryl/α,β-unsaturated/α-hetero) is 1. The van der Waals surface area contributed by atoms with Crippen LogP contribution in [0.4, 0.5) is 5.82 Å². The number of aryl methyl sites for hydroxylation is 1. The molecule has 0 radical (unpaired) electrons. The van der Waals surface area contributed by atoms with E-state index in [1.807, 2.05) is 18.4 Å². The lowest BCUT2D eigenvalue weighted by Crippen LogP contribution is -2.36. The summed E-state index contributed by atoms with van der Waals surface area (Å²) in [7, 11) is 1.75. The fraction of sp³-hybridized carbons (Fsp3) is 0.429. The summed E-state index contributed by atoms with van der Waals surface area (Å²) in [4.78, 5) is 26.6. The SMILES string of the molecule is CNc1nc(C#Cc2sccc2C)nc2c1ncn2[C@@H]1C2C[C@]2(C(C)=O)C(O)[C@H]1O. The molecule has 0 aliphatic heterocycles. The topological polar surface area (TPSA) is 113 Å². The fourth-order valence-electron chi connectivity index (χ4n) is 4.75. The Morgan fingerprint density at radius 3 is 2.80 bits per heavy atom. The number of rotatable bonds is 3. The molecule has 2 aliphatic carbocycles. The van der Waals surface area contributed by atoms with Crippen LogP contribution >= 0.6 is 11.3 Å². The second-order valence-corrected chi connectivity index (χ2v) is 8.90. The molecule has 30 heavy (non-hydrogen) atoms. The molecule has 154 valence electrons. The van der Waals surface area contributed by atoms with Crippen molar-refractivity contribution in [2.75, 3.05) is 12.4 Å². The van der Waals surface area contributed by atoms with Gasteiger partial charge >= 0.3 is 0 Å². The fourth-order valence-corrected chi connectivity index (χ4v) is 5.52. The molecule has 5 atom stereocenters. The van der Waals surface area contributed by atoms with E-state index in [4.69, 9.17) is 0 Å². The summed E-state index contributed by atoms with van der Waals surface area (Å²) in [6.07, 6.45) is -0.00901. The van der Waals surface area contributed by atoms with Gasteiger partial charge in [-0.25, -0.2) is 15.0 Å². The highest BCUT2D eigenvalue weighted by molar-refractivity contribution is 7.10. The molecule has 0 spiro atoms. The zero-order valence-electron chi connectivity index (χ0n) is 16.7. The lowest BCUT2D eigenvalue weighted by molar-refractivity contribution is -0.128. The lowest BCUT2D eigenvalue weighted by atomic mass is 9.95. The van der Waals surface area contributed by atoms with Crippen LogP contribution in [0.2, 0.25) is 0 Å². The smallest absolute Gasteiger partial charge is 0.209 e. The zero-order valence-corrected chi connectivity index (χ0v) is 17.6. The van der Waals surface area contributed by atoms with Crippen molar-refractivity contribution in [3.8, 4) is 11.8 Å². The van der Waals surface area contributed by atoms with E-state index in [1.165, 1.54) is 6.92 Å². The number of nitrogens with one attached hydrogen (secondary N) is 1. The van der Waals surface area contributed by atoms with Gasteiger partial charge in [0.1, 0.15) is 11.9 Å². The van der Waals surface area contributed by atoms with Gasteiger partial charge in [-0.3, -0.25) is 4.79 Å². The number of carbonyl (C=O) groups excluding carboxylic acids is 1. The van der Waals surface area contributed by atoms with E-state index >= 15 is 0 Å². The molecule has 0 saturated heterocycles. The molecular weight excluding hydrogens is 402 g/mol. The normalized spacial score (nSPS) is 29.4. The number of ketones is 1. The Kier molecular flexibility index (Phi) is 4.22. The van der Waals surface area contributed by atoms with Crippen LogP contribution in [0.25, 0.3) is 11.2 Å². The molecule has 3 aromatic rings. The van der Waals surface area contributed by atoms with E-state index in [0.717, 1.165) is 10.4 Å². The average molecular weight is 423 g/mol.